The van der Waals surface area contributed by atoms with Gasteiger partial charge in [0.15, 0.2) is 6.61 Å². The number of esters is 1. The first-order valence-corrected chi connectivity index (χ1v) is 14.2. The Labute approximate surface area is 229 Å². The van der Waals surface area contributed by atoms with Crippen molar-refractivity contribution in [1.29, 1.82) is 0 Å². The van der Waals surface area contributed by atoms with Gasteiger partial charge in [-0.25, -0.2) is 5.06 Å². The number of hydroxylamine groups is 2. The van der Waals surface area contributed by atoms with Crippen molar-refractivity contribution in [3.63, 3.8) is 0 Å². The number of likely N-dealkylation sites (N-methyl/N-ethyl adjacent to an activating group) is 1. The van der Waals surface area contributed by atoms with E-state index in [1.54, 1.807) is 37.9 Å². The molecule has 1 aliphatic carbocycles. The molecule has 0 aromatic heterocycles. The number of carbonyl (C=O) groups excluding carboxylic acids is 3. The second-order valence-electron chi connectivity index (χ2n) is 9.27. The van der Waals surface area contributed by atoms with Crippen LogP contribution in [0.5, 0.6) is 0 Å². The molecule has 212 valence electrons. The highest BCUT2D eigenvalue weighted by Gasteiger charge is 2.39. The fourth-order valence-corrected chi connectivity index (χ4v) is 5.47. The van der Waals surface area contributed by atoms with Gasteiger partial charge >= 0.3 is 5.97 Å². The van der Waals surface area contributed by atoms with E-state index >= 15 is 0 Å². The van der Waals surface area contributed by atoms with Gasteiger partial charge in [0.2, 0.25) is 0 Å². The number of aliphatic hydroxyl groups is 2. The summed E-state index contributed by atoms with van der Waals surface area (Å²) in [5.41, 5.74) is 2.02. The van der Waals surface area contributed by atoms with Crippen LogP contribution in [-0.4, -0.2) is 84.0 Å². The molecule has 0 unspecified atom stereocenters. The molecule has 10 heteroatoms. The summed E-state index contributed by atoms with van der Waals surface area (Å²) in [6, 6.07) is 7.84. The van der Waals surface area contributed by atoms with Crippen LogP contribution in [0.4, 0.5) is 0 Å². The van der Waals surface area contributed by atoms with Crippen molar-refractivity contribution in [2.75, 3.05) is 38.9 Å². The van der Waals surface area contributed by atoms with Crippen molar-refractivity contribution in [2.45, 2.75) is 57.8 Å². The lowest BCUT2D eigenvalue weighted by atomic mass is 9.91. The number of hydrogen-bond acceptors (Lipinski definition) is 9. The van der Waals surface area contributed by atoms with Gasteiger partial charge in [-0.1, -0.05) is 36.4 Å². The van der Waals surface area contributed by atoms with Crippen molar-refractivity contribution in [2.24, 2.45) is 11.8 Å². The molecule has 1 aromatic rings. The molecule has 0 heterocycles. The summed E-state index contributed by atoms with van der Waals surface area (Å²) in [6.45, 7) is 2.29. The quantitative estimate of drug-likeness (QED) is 0.130. The van der Waals surface area contributed by atoms with Crippen LogP contribution in [0.25, 0.3) is 0 Å². The maximum atomic E-state index is 12.5. The molecule has 38 heavy (non-hydrogen) atoms. The highest BCUT2D eigenvalue weighted by atomic mass is 32.2. The molecule has 0 saturated heterocycles. The van der Waals surface area contributed by atoms with E-state index in [0.717, 1.165) is 21.9 Å². The number of hydrogen-bond donors (Lipinski definition) is 2. The van der Waals surface area contributed by atoms with E-state index in [-0.39, 0.29) is 37.1 Å². The summed E-state index contributed by atoms with van der Waals surface area (Å²) in [4.78, 5) is 41.0. The maximum Gasteiger partial charge on any atom is 0.306 e. The minimum Gasteiger partial charge on any atom is -0.455 e. The first-order chi connectivity index (χ1) is 18.3. The summed E-state index contributed by atoms with van der Waals surface area (Å²) in [7, 11) is 3.02. The SMILES string of the molecule is CCN(OC)C(=O)COC(=O)CCCSCC[C@H]1C(=O)C[C@@H](O)[C@@H]1/C=C/[C@@H](O)Cc1cccc(COC)c1. The number of carbonyl (C=O) groups is 3. The van der Waals surface area contributed by atoms with Crippen LogP contribution in [0.15, 0.2) is 36.4 Å². The molecule has 2 N–H and O–H groups in total. The number of aliphatic hydroxyl groups excluding tert-OH is 2. The molecular weight excluding hydrogens is 510 g/mol. The third kappa shape index (κ3) is 10.9. The predicted molar refractivity (Wildman–Crippen MR) is 145 cm³/mol. The average molecular weight is 552 g/mol. The van der Waals surface area contributed by atoms with Gasteiger partial charge < -0.3 is 19.7 Å². The van der Waals surface area contributed by atoms with E-state index < -0.39 is 24.1 Å². The van der Waals surface area contributed by atoms with Gasteiger partial charge in [-0.2, -0.15) is 11.8 Å². The second kappa shape index (κ2) is 17.4. The Morgan fingerprint density at radius 2 is 2.00 bits per heavy atom. The highest BCUT2D eigenvalue weighted by molar-refractivity contribution is 7.99. The van der Waals surface area contributed by atoms with Crippen molar-refractivity contribution in [1.82, 2.24) is 5.06 Å². The Morgan fingerprint density at radius 3 is 2.71 bits per heavy atom. The number of ether oxygens (including phenoxy) is 2. The molecule has 4 atom stereocenters. The molecular formula is C28H41NO8S. The van der Waals surface area contributed by atoms with Gasteiger partial charge in [0.1, 0.15) is 5.78 Å². The molecule has 9 nitrogen and oxygen atoms in total. The standard InChI is InChI=1S/C28H41NO8S/c1-4-29(36-3)27(33)19-37-28(34)9-6-13-38-14-12-24-23(25(31)17-26(24)32)11-10-22(30)16-20-7-5-8-21(15-20)18-35-2/h5,7-8,10-11,15,22-25,30-31H,4,6,9,12-14,16-19H2,1-3H3/b11-10+/t22-,23-,24-,25-/m1/s1. The van der Waals surface area contributed by atoms with Gasteiger partial charge in [0.25, 0.3) is 5.91 Å². The summed E-state index contributed by atoms with van der Waals surface area (Å²) >= 11 is 1.63. The fourth-order valence-electron chi connectivity index (χ4n) is 4.50. The summed E-state index contributed by atoms with van der Waals surface area (Å²) in [5, 5.41) is 22.1. The molecule has 1 aromatic carbocycles. The predicted octanol–water partition coefficient (Wildman–Crippen LogP) is 2.72. The van der Waals surface area contributed by atoms with Crippen LogP contribution >= 0.6 is 11.8 Å². The zero-order valence-electron chi connectivity index (χ0n) is 22.5. The van der Waals surface area contributed by atoms with Crippen LogP contribution in [0, 0.1) is 11.8 Å². The normalized spacial score (nSPS) is 20.1. The number of Topliss-reactive ketones (excluding diaryl/α,β-unsaturated/α-hetero) is 1. The highest BCUT2D eigenvalue weighted by Crippen LogP contribution is 2.34. The van der Waals surface area contributed by atoms with Crippen molar-refractivity contribution >= 4 is 29.4 Å². The van der Waals surface area contributed by atoms with Crippen molar-refractivity contribution in [3.8, 4) is 0 Å². The Hall–Kier alpha value is -2.24. The number of rotatable bonds is 17. The van der Waals surface area contributed by atoms with Gasteiger partial charge in [0, 0.05) is 44.8 Å². The average Bonchev–Trinajstić information content (AvgIpc) is 3.16. The summed E-state index contributed by atoms with van der Waals surface area (Å²) in [6.07, 6.45) is 3.99. The molecule has 0 radical (unpaired) electrons. The number of amides is 1. The molecule has 1 aliphatic rings. The van der Waals surface area contributed by atoms with Crippen molar-refractivity contribution < 1.29 is 38.9 Å². The van der Waals surface area contributed by atoms with E-state index in [9.17, 15) is 24.6 Å². The van der Waals surface area contributed by atoms with Crippen molar-refractivity contribution in [3.05, 3.63) is 47.5 Å². The second-order valence-corrected chi connectivity index (χ2v) is 10.5. The Kier molecular flexibility index (Phi) is 14.6. The molecule has 0 aliphatic heterocycles. The first-order valence-electron chi connectivity index (χ1n) is 13.0. The van der Waals surface area contributed by atoms with Gasteiger partial charge in [-0.05, 0) is 42.4 Å². The van der Waals surface area contributed by atoms with Crippen LogP contribution < -0.4 is 0 Å². The number of nitrogens with zero attached hydrogens (tertiary/aromatic N) is 1. The Morgan fingerprint density at radius 1 is 1.24 bits per heavy atom. The Bertz CT molecular complexity index is 920. The number of ketones is 1. The van der Waals surface area contributed by atoms with Crippen LogP contribution in [0.3, 0.4) is 0 Å². The molecule has 1 saturated carbocycles. The smallest absolute Gasteiger partial charge is 0.306 e. The van der Waals surface area contributed by atoms with E-state index in [2.05, 4.69) is 0 Å². The molecule has 2 rings (SSSR count). The van der Waals surface area contributed by atoms with Crippen LogP contribution in [0.2, 0.25) is 0 Å². The van der Waals surface area contributed by atoms with Gasteiger partial charge in [0.05, 0.1) is 25.9 Å². The number of thioether (sulfide) groups is 1. The van der Waals surface area contributed by atoms with E-state index in [1.165, 1.54) is 7.11 Å². The lowest BCUT2D eigenvalue weighted by Crippen LogP contribution is -2.33. The maximum absolute atomic E-state index is 12.5. The summed E-state index contributed by atoms with van der Waals surface area (Å²) < 4.78 is 10.1. The lowest BCUT2D eigenvalue weighted by Gasteiger charge is -2.18. The topological polar surface area (TPSA) is 123 Å². The van der Waals surface area contributed by atoms with Gasteiger partial charge in [-0.15, -0.1) is 0 Å². The summed E-state index contributed by atoms with van der Waals surface area (Å²) in [5.74, 6) is 0.0225. The third-order valence-corrected chi connectivity index (χ3v) is 7.52. The monoisotopic (exact) mass is 551 g/mol. The number of methoxy groups -OCH3 is 1. The largest absolute Gasteiger partial charge is 0.455 e. The molecule has 1 fully saturated rings. The zero-order chi connectivity index (χ0) is 27.9. The van der Waals surface area contributed by atoms with E-state index in [0.29, 0.717) is 38.2 Å². The van der Waals surface area contributed by atoms with Gasteiger partial charge in [-0.3, -0.25) is 19.2 Å². The number of benzene rings is 1. The zero-order valence-corrected chi connectivity index (χ0v) is 23.4. The molecule has 0 spiro atoms. The minimum atomic E-state index is -0.745. The fraction of sp³-hybridized carbons (Fsp3) is 0.607. The molecule has 0 bridgehead atoms. The van der Waals surface area contributed by atoms with Crippen LogP contribution in [0.1, 0.15) is 43.7 Å². The first kappa shape index (κ1) is 32.0. The minimum absolute atomic E-state index is 0.0416. The Balaban J connectivity index is 1.71. The van der Waals surface area contributed by atoms with E-state index in [4.69, 9.17) is 14.3 Å². The van der Waals surface area contributed by atoms with E-state index in [1.807, 2.05) is 24.3 Å². The lowest BCUT2D eigenvalue weighted by molar-refractivity contribution is -0.181. The third-order valence-electron chi connectivity index (χ3n) is 6.42. The molecule has 1 amide bonds. The van der Waals surface area contributed by atoms with Crippen LogP contribution in [-0.2, 0) is 41.7 Å².